The molecule has 1 heterocycles. The van der Waals surface area contributed by atoms with Crippen molar-refractivity contribution in [1.82, 2.24) is 4.90 Å². The molecule has 0 aromatic carbocycles. The van der Waals surface area contributed by atoms with Gasteiger partial charge in [0.2, 0.25) is 5.76 Å². The minimum Gasteiger partial charge on any atom is -0.463 e. The molecule has 100 valence electrons. The van der Waals surface area contributed by atoms with Crippen LogP contribution in [0.25, 0.3) is 0 Å². The Kier molecular flexibility index (Phi) is 4.38. The molecule has 1 aliphatic carbocycles. The number of hydrogen-bond donors (Lipinski definition) is 1. The lowest BCUT2D eigenvalue weighted by atomic mass is 9.91. The number of carbonyl (C=O) groups is 1. The summed E-state index contributed by atoms with van der Waals surface area (Å²) in [4.78, 5) is 13.5. The van der Waals surface area contributed by atoms with Gasteiger partial charge in [0, 0.05) is 12.6 Å². The Bertz CT molecular complexity index is 397. The highest BCUT2D eigenvalue weighted by Crippen LogP contribution is 2.26. The monoisotopic (exact) mass is 253 g/mol. The van der Waals surface area contributed by atoms with Gasteiger partial charge in [-0.1, -0.05) is 6.42 Å². The predicted molar refractivity (Wildman–Crippen MR) is 65.2 cm³/mol. The lowest BCUT2D eigenvalue weighted by Gasteiger charge is -2.36. The maximum absolute atomic E-state index is 11.3. The van der Waals surface area contributed by atoms with Gasteiger partial charge < -0.3 is 14.3 Å². The Hall–Kier alpha value is -1.33. The lowest BCUT2D eigenvalue weighted by molar-refractivity contribution is 0.0553. The third kappa shape index (κ3) is 2.91. The topological polar surface area (TPSA) is 62.9 Å². The van der Waals surface area contributed by atoms with Gasteiger partial charge in [0.05, 0.1) is 20.3 Å². The zero-order chi connectivity index (χ0) is 13.0. The van der Waals surface area contributed by atoms with E-state index >= 15 is 0 Å². The number of hydrogen-bond acceptors (Lipinski definition) is 5. The molecule has 0 unspecified atom stereocenters. The first-order chi connectivity index (χ1) is 8.74. The van der Waals surface area contributed by atoms with Crippen LogP contribution in [-0.2, 0) is 11.3 Å². The SMILES string of the molecule is COC(=O)c1ccc(CN(CCO)C2CCC2)o1. The van der Waals surface area contributed by atoms with Crippen LogP contribution in [0.5, 0.6) is 0 Å². The fourth-order valence-corrected chi connectivity index (χ4v) is 2.14. The first-order valence-electron chi connectivity index (χ1n) is 6.26. The Labute approximate surface area is 106 Å². The Morgan fingerprint density at radius 1 is 1.56 bits per heavy atom. The quantitative estimate of drug-likeness (QED) is 0.777. The van der Waals surface area contributed by atoms with E-state index in [1.165, 1.54) is 26.4 Å². The number of carbonyl (C=O) groups excluding carboxylic acids is 1. The van der Waals surface area contributed by atoms with Crippen molar-refractivity contribution in [2.45, 2.75) is 31.8 Å². The molecule has 1 N–H and O–H groups in total. The Morgan fingerprint density at radius 3 is 2.89 bits per heavy atom. The molecule has 0 atom stereocenters. The highest BCUT2D eigenvalue weighted by atomic mass is 16.5. The van der Waals surface area contributed by atoms with E-state index in [0.29, 0.717) is 19.1 Å². The van der Waals surface area contributed by atoms with Gasteiger partial charge in [-0.2, -0.15) is 0 Å². The van der Waals surface area contributed by atoms with Crippen molar-refractivity contribution in [2.24, 2.45) is 0 Å². The van der Waals surface area contributed by atoms with E-state index in [2.05, 4.69) is 9.64 Å². The summed E-state index contributed by atoms with van der Waals surface area (Å²) < 4.78 is 10.0. The zero-order valence-corrected chi connectivity index (χ0v) is 10.6. The second kappa shape index (κ2) is 6.02. The molecule has 0 aliphatic heterocycles. The Balaban J connectivity index is 1.97. The number of aliphatic hydroxyl groups excluding tert-OH is 1. The summed E-state index contributed by atoms with van der Waals surface area (Å²) in [7, 11) is 1.33. The van der Waals surface area contributed by atoms with Gasteiger partial charge in [-0.3, -0.25) is 4.90 Å². The van der Waals surface area contributed by atoms with Crippen LogP contribution < -0.4 is 0 Å². The third-order valence-corrected chi connectivity index (χ3v) is 3.39. The highest BCUT2D eigenvalue weighted by molar-refractivity contribution is 5.86. The number of ether oxygens (including phenoxy) is 1. The smallest absolute Gasteiger partial charge is 0.373 e. The van der Waals surface area contributed by atoms with E-state index < -0.39 is 5.97 Å². The number of aliphatic hydroxyl groups is 1. The van der Waals surface area contributed by atoms with E-state index in [-0.39, 0.29) is 12.4 Å². The van der Waals surface area contributed by atoms with Gasteiger partial charge in [0.25, 0.3) is 0 Å². The predicted octanol–water partition coefficient (Wildman–Crippen LogP) is 1.41. The van der Waals surface area contributed by atoms with Gasteiger partial charge in [0.15, 0.2) is 0 Å². The molecule has 1 fully saturated rings. The van der Waals surface area contributed by atoms with Gasteiger partial charge in [-0.25, -0.2) is 4.79 Å². The second-order valence-electron chi connectivity index (χ2n) is 4.54. The minimum atomic E-state index is -0.460. The molecular formula is C13H19NO4. The van der Waals surface area contributed by atoms with Crippen LogP contribution in [0.2, 0.25) is 0 Å². The van der Waals surface area contributed by atoms with E-state index in [1.54, 1.807) is 12.1 Å². The molecule has 0 radical (unpaired) electrons. The molecule has 18 heavy (non-hydrogen) atoms. The fourth-order valence-electron chi connectivity index (χ4n) is 2.14. The molecular weight excluding hydrogens is 234 g/mol. The molecule has 0 spiro atoms. The molecule has 0 amide bonds. The molecule has 1 saturated carbocycles. The zero-order valence-electron chi connectivity index (χ0n) is 10.6. The summed E-state index contributed by atoms with van der Waals surface area (Å²) in [5.74, 6) is 0.499. The molecule has 0 saturated heterocycles. The summed E-state index contributed by atoms with van der Waals surface area (Å²) >= 11 is 0. The van der Waals surface area contributed by atoms with Crippen LogP contribution >= 0.6 is 0 Å². The van der Waals surface area contributed by atoms with Crippen molar-refractivity contribution in [3.05, 3.63) is 23.7 Å². The molecule has 5 heteroatoms. The Morgan fingerprint density at radius 2 is 2.33 bits per heavy atom. The summed E-state index contributed by atoms with van der Waals surface area (Å²) in [5.41, 5.74) is 0. The van der Waals surface area contributed by atoms with E-state index in [9.17, 15) is 4.79 Å². The third-order valence-electron chi connectivity index (χ3n) is 3.39. The number of nitrogens with zero attached hydrogens (tertiary/aromatic N) is 1. The van der Waals surface area contributed by atoms with Gasteiger partial charge in [0.1, 0.15) is 5.76 Å². The van der Waals surface area contributed by atoms with Crippen LogP contribution in [0.15, 0.2) is 16.5 Å². The van der Waals surface area contributed by atoms with Crippen molar-refractivity contribution in [2.75, 3.05) is 20.3 Å². The summed E-state index contributed by atoms with van der Waals surface area (Å²) in [6, 6.07) is 3.94. The largest absolute Gasteiger partial charge is 0.463 e. The minimum absolute atomic E-state index is 0.140. The average Bonchev–Trinajstić information content (AvgIpc) is 2.74. The van der Waals surface area contributed by atoms with Crippen molar-refractivity contribution in [3.63, 3.8) is 0 Å². The van der Waals surface area contributed by atoms with Crippen LogP contribution in [-0.4, -0.2) is 42.3 Å². The molecule has 1 aromatic heterocycles. The molecule has 1 aliphatic rings. The van der Waals surface area contributed by atoms with Gasteiger partial charge >= 0.3 is 5.97 Å². The molecule has 1 aromatic rings. The van der Waals surface area contributed by atoms with Crippen LogP contribution in [0.3, 0.4) is 0 Å². The van der Waals surface area contributed by atoms with Crippen molar-refractivity contribution in [3.8, 4) is 0 Å². The van der Waals surface area contributed by atoms with Crippen LogP contribution in [0, 0.1) is 0 Å². The highest BCUT2D eigenvalue weighted by Gasteiger charge is 2.25. The first kappa shape index (κ1) is 13.1. The van der Waals surface area contributed by atoms with E-state index in [1.807, 2.05) is 0 Å². The van der Waals surface area contributed by atoms with Crippen LogP contribution in [0.1, 0.15) is 35.6 Å². The number of furan rings is 1. The standard InChI is InChI=1S/C13H19NO4/c1-17-13(16)12-6-5-11(18-12)9-14(7-8-15)10-3-2-4-10/h5-6,10,15H,2-4,7-9H2,1H3. The lowest BCUT2D eigenvalue weighted by Crippen LogP contribution is -2.41. The summed E-state index contributed by atoms with van der Waals surface area (Å²) in [6.45, 7) is 1.40. The summed E-state index contributed by atoms with van der Waals surface area (Å²) in [6.07, 6.45) is 3.59. The molecule has 2 rings (SSSR count). The maximum atomic E-state index is 11.3. The second-order valence-corrected chi connectivity index (χ2v) is 4.54. The maximum Gasteiger partial charge on any atom is 0.373 e. The number of methoxy groups -OCH3 is 1. The number of rotatable bonds is 6. The van der Waals surface area contributed by atoms with Crippen molar-refractivity contribution in [1.29, 1.82) is 0 Å². The van der Waals surface area contributed by atoms with E-state index in [0.717, 1.165) is 5.76 Å². The van der Waals surface area contributed by atoms with Crippen molar-refractivity contribution < 1.29 is 19.1 Å². The van der Waals surface area contributed by atoms with E-state index in [4.69, 9.17) is 9.52 Å². The first-order valence-corrected chi connectivity index (χ1v) is 6.26. The van der Waals surface area contributed by atoms with Gasteiger partial charge in [-0.05, 0) is 25.0 Å². The van der Waals surface area contributed by atoms with Gasteiger partial charge in [-0.15, -0.1) is 0 Å². The molecule has 5 nitrogen and oxygen atoms in total. The van der Waals surface area contributed by atoms with Crippen molar-refractivity contribution >= 4 is 5.97 Å². The molecule has 0 bridgehead atoms. The fraction of sp³-hybridized carbons (Fsp3) is 0.615. The summed E-state index contributed by atoms with van der Waals surface area (Å²) in [5, 5.41) is 9.07. The van der Waals surface area contributed by atoms with Crippen LogP contribution in [0.4, 0.5) is 0 Å². The average molecular weight is 253 g/mol. The normalized spacial score (nSPS) is 15.7. The number of esters is 1.